The number of piperazine rings is 1. The highest BCUT2D eigenvalue weighted by Gasteiger charge is 2.20. The number of halogens is 1. The average Bonchev–Trinajstić information content (AvgIpc) is 3.46. The van der Waals surface area contributed by atoms with Gasteiger partial charge in [-0.2, -0.15) is 16.4 Å². The van der Waals surface area contributed by atoms with E-state index in [4.69, 9.17) is 5.10 Å². The molecule has 0 amide bonds. The summed E-state index contributed by atoms with van der Waals surface area (Å²) in [5.41, 5.74) is 6.71. The maximum atomic E-state index is 13.2. The van der Waals surface area contributed by atoms with Crippen LogP contribution in [0.25, 0.3) is 28.1 Å². The van der Waals surface area contributed by atoms with Crippen molar-refractivity contribution in [3.63, 3.8) is 0 Å². The van der Waals surface area contributed by atoms with Crippen LogP contribution >= 0.6 is 11.3 Å². The summed E-state index contributed by atoms with van der Waals surface area (Å²) in [5.74, 6) is -0.217. The third-order valence-electron chi connectivity index (χ3n) is 5.92. The van der Waals surface area contributed by atoms with Crippen LogP contribution < -0.4 is 0 Å². The molecular formula is C25H25FN4S. The fraction of sp³-hybridized carbons (Fsp3) is 0.240. The van der Waals surface area contributed by atoms with Gasteiger partial charge in [0, 0.05) is 49.2 Å². The van der Waals surface area contributed by atoms with Gasteiger partial charge < -0.3 is 4.90 Å². The molecule has 0 unspecified atom stereocenters. The molecule has 3 heterocycles. The summed E-state index contributed by atoms with van der Waals surface area (Å²) in [7, 11) is 2.18. The van der Waals surface area contributed by atoms with Crippen molar-refractivity contribution in [3.05, 3.63) is 82.9 Å². The van der Waals surface area contributed by atoms with Crippen molar-refractivity contribution in [2.75, 3.05) is 33.2 Å². The minimum atomic E-state index is -0.217. The number of aromatic nitrogens is 2. The lowest BCUT2D eigenvalue weighted by Crippen LogP contribution is -2.43. The van der Waals surface area contributed by atoms with Crippen LogP contribution in [0.4, 0.5) is 4.39 Å². The molecule has 1 saturated heterocycles. The number of thiophene rings is 1. The number of rotatable bonds is 5. The molecule has 4 nitrogen and oxygen atoms in total. The van der Waals surface area contributed by atoms with Crippen molar-refractivity contribution in [2.45, 2.75) is 6.54 Å². The minimum Gasteiger partial charge on any atom is -0.304 e. The van der Waals surface area contributed by atoms with Gasteiger partial charge in [0.05, 0.1) is 17.6 Å². The highest BCUT2D eigenvalue weighted by atomic mass is 32.1. The molecule has 2 aromatic carbocycles. The number of hydrogen-bond donors (Lipinski definition) is 0. The molecule has 0 N–H and O–H groups in total. The van der Waals surface area contributed by atoms with Gasteiger partial charge in [-0.15, -0.1) is 0 Å². The largest absolute Gasteiger partial charge is 0.304 e. The lowest BCUT2D eigenvalue weighted by Gasteiger charge is -2.32. The monoisotopic (exact) mass is 432 g/mol. The second kappa shape index (κ2) is 8.75. The van der Waals surface area contributed by atoms with Crippen molar-refractivity contribution in [3.8, 4) is 28.1 Å². The molecule has 31 heavy (non-hydrogen) atoms. The molecule has 1 aliphatic rings. The van der Waals surface area contributed by atoms with E-state index in [1.807, 2.05) is 23.0 Å². The molecular weight excluding hydrogens is 407 g/mol. The Kier molecular flexibility index (Phi) is 5.68. The van der Waals surface area contributed by atoms with Gasteiger partial charge in [0.1, 0.15) is 5.82 Å². The van der Waals surface area contributed by atoms with Crippen LogP contribution in [0.1, 0.15) is 5.56 Å². The molecule has 0 saturated carbocycles. The fourth-order valence-corrected chi connectivity index (χ4v) is 4.73. The first-order chi connectivity index (χ1) is 15.2. The van der Waals surface area contributed by atoms with Gasteiger partial charge in [-0.1, -0.05) is 24.3 Å². The third-order valence-corrected chi connectivity index (χ3v) is 6.60. The molecule has 5 rings (SSSR count). The normalized spacial score (nSPS) is 15.4. The summed E-state index contributed by atoms with van der Waals surface area (Å²) in [6.07, 6.45) is 2.01. The van der Waals surface area contributed by atoms with Crippen molar-refractivity contribution in [1.29, 1.82) is 0 Å². The Bertz CT molecular complexity index is 1130. The van der Waals surface area contributed by atoms with Gasteiger partial charge in [-0.25, -0.2) is 9.07 Å². The van der Waals surface area contributed by atoms with Crippen LogP contribution in [0.15, 0.2) is 71.6 Å². The van der Waals surface area contributed by atoms with E-state index in [1.54, 1.807) is 11.3 Å². The zero-order valence-corrected chi connectivity index (χ0v) is 18.4. The van der Waals surface area contributed by atoms with Crippen LogP contribution in [0.5, 0.6) is 0 Å². The van der Waals surface area contributed by atoms with Gasteiger partial charge in [-0.3, -0.25) is 4.90 Å². The van der Waals surface area contributed by atoms with Gasteiger partial charge in [0.2, 0.25) is 0 Å². The summed E-state index contributed by atoms with van der Waals surface area (Å²) >= 11 is 1.71. The lowest BCUT2D eigenvalue weighted by molar-refractivity contribution is 0.148. The van der Waals surface area contributed by atoms with E-state index >= 15 is 0 Å². The van der Waals surface area contributed by atoms with Gasteiger partial charge >= 0.3 is 0 Å². The standard InChI is InChI=1S/C25H25FN4S/c1-28-11-13-29(14-12-28)17-22-16-27-30(25(22)21-10-15-31-18-21)24-8-4-20(5-9-24)19-2-6-23(26)7-3-19/h2-10,15-16,18H,11-14,17H2,1H3. The van der Waals surface area contributed by atoms with Crippen LogP contribution in [0.2, 0.25) is 0 Å². The van der Waals surface area contributed by atoms with Crippen molar-refractivity contribution in [1.82, 2.24) is 19.6 Å². The molecule has 0 bridgehead atoms. The third kappa shape index (κ3) is 4.32. The molecule has 6 heteroatoms. The zero-order chi connectivity index (χ0) is 21.2. The Morgan fingerprint density at radius 1 is 0.871 bits per heavy atom. The molecule has 1 fully saturated rings. The summed E-state index contributed by atoms with van der Waals surface area (Å²) in [4.78, 5) is 4.89. The average molecular weight is 433 g/mol. The van der Waals surface area contributed by atoms with Crippen LogP contribution in [-0.4, -0.2) is 52.8 Å². The van der Waals surface area contributed by atoms with E-state index in [0.29, 0.717) is 0 Å². The Labute approximate surface area is 186 Å². The Hall–Kier alpha value is -2.80. The molecule has 4 aromatic rings. The first kappa shape index (κ1) is 20.1. The number of hydrogen-bond acceptors (Lipinski definition) is 4. The van der Waals surface area contributed by atoms with Crippen molar-refractivity contribution < 1.29 is 4.39 Å². The predicted molar refractivity (Wildman–Crippen MR) is 125 cm³/mol. The van der Waals surface area contributed by atoms with E-state index in [9.17, 15) is 4.39 Å². The molecule has 158 valence electrons. The smallest absolute Gasteiger partial charge is 0.123 e. The first-order valence-corrected chi connectivity index (χ1v) is 11.5. The van der Waals surface area contributed by atoms with Gasteiger partial charge in [0.25, 0.3) is 0 Å². The quantitative estimate of drug-likeness (QED) is 0.436. The van der Waals surface area contributed by atoms with E-state index in [0.717, 1.165) is 55.2 Å². The van der Waals surface area contributed by atoms with E-state index in [2.05, 4.69) is 57.9 Å². The predicted octanol–water partition coefficient (Wildman–Crippen LogP) is 5.15. The Morgan fingerprint density at radius 2 is 1.55 bits per heavy atom. The van der Waals surface area contributed by atoms with E-state index < -0.39 is 0 Å². The maximum absolute atomic E-state index is 13.2. The number of likely N-dealkylation sites (N-methyl/N-ethyl adjacent to an activating group) is 1. The maximum Gasteiger partial charge on any atom is 0.123 e. The molecule has 0 radical (unpaired) electrons. The van der Waals surface area contributed by atoms with Gasteiger partial charge in [-0.05, 0) is 53.9 Å². The van der Waals surface area contributed by atoms with Gasteiger partial charge in [0.15, 0.2) is 0 Å². The second-order valence-electron chi connectivity index (χ2n) is 8.08. The summed E-state index contributed by atoms with van der Waals surface area (Å²) in [5, 5.41) is 9.07. The molecule has 1 aliphatic heterocycles. The SMILES string of the molecule is CN1CCN(Cc2cnn(-c3ccc(-c4ccc(F)cc4)cc3)c2-c2ccsc2)CC1. The molecule has 0 aliphatic carbocycles. The van der Waals surface area contributed by atoms with Crippen LogP contribution in [0.3, 0.4) is 0 Å². The minimum absolute atomic E-state index is 0.217. The lowest BCUT2D eigenvalue weighted by atomic mass is 10.1. The van der Waals surface area contributed by atoms with E-state index in [1.165, 1.54) is 23.3 Å². The Morgan fingerprint density at radius 3 is 2.19 bits per heavy atom. The summed E-state index contributed by atoms with van der Waals surface area (Å²) in [6.45, 7) is 5.28. The van der Waals surface area contributed by atoms with E-state index in [-0.39, 0.29) is 5.82 Å². The van der Waals surface area contributed by atoms with Crippen molar-refractivity contribution in [2.24, 2.45) is 0 Å². The summed E-state index contributed by atoms with van der Waals surface area (Å²) in [6, 6.07) is 17.1. The molecule has 0 atom stereocenters. The molecule has 2 aromatic heterocycles. The highest BCUT2D eigenvalue weighted by molar-refractivity contribution is 7.08. The fourth-order valence-electron chi connectivity index (χ4n) is 4.09. The highest BCUT2D eigenvalue weighted by Crippen LogP contribution is 2.30. The van der Waals surface area contributed by atoms with Crippen LogP contribution in [-0.2, 0) is 6.54 Å². The number of benzene rings is 2. The molecule has 0 spiro atoms. The number of nitrogens with zero attached hydrogens (tertiary/aromatic N) is 4. The Balaban J connectivity index is 1.46. The van der Waals surface area contributed by atoms with Crippen molar-refractivity contribution >= 4 is 11.3 Å². The summed E-state index contributed by atoms with van der Waals surface area (Å²) < 4.78 is 15.3. The zero-order valence-electron chi connectivity index (χ0n) is 17.5. The second-order valence-corrected chi connectivity index (χ2v) is 8.86. The van der Waals surface area contributed by atoms with Crippen LogP contribution in [0, 0.1) is 5.82 Å². The first-order valence-electron chi connectivity index (χ1n) is 10.5. The topological polar surface area (TPSA) is 24.3 Å².